The number of rotatable bonds is 4. The zero-order valence-corrected chi connectivity index (χ0v) is 9.06. The van der Waals surface area contributed by atoms with Gasteiger partial charge in [0.25, 0.3) is 0 Å². The van der Waals surface area contributed by atoms with Gasteiger partial charge in [-0.1, -0.05) is 12.1 Å². The monoisotopic (exact) mass is 208 g/mol. The number of hydrogen-bond acceptors (Lipinski definition) is 3. The first-order valence-corrected chi connectivity index (χ1v) is 5.18. The van der Waals surface area contributed by atoms with Crippen LogP contribution in [0.5, 0.6) is 5.75 Å². The zero-order valence-electron chi connectivity index (χ0n) is 9.06. The second-order valence-corrected chi connectivity index (χ2v) is 4.20. The lowest BCUT2D eigenvalue weighted by Gasteiger charge is -2.26. The quantitative estimate of drug-likeness (QED) is 0.610. The Kier molecular flexibility index (Phi) is 2.67. The molecule has 1 N–H and O–H groups in total. The summed E-state index contributed by atoms with van der Waals surface area (Å²) in [4.78, 5) is 4.69. The molecule has 15 heavy (non-hydrogen) atoms. The highest BCUT2D eigenvalue weighted by Gasteiger charge is 2.44. The summed E-state index contributed by atoms with van der Waals surface area (Å²) >= 11 is 0. The lowest BCUT2D eigenvalue weighted by molar-refractivity contribution is -0.330. The smallest absolute Gasteiger partial charge is 0.128 e. The van der Waals surface area contributed by atoms with E-state index in [9.17, 15) is 0 Å². The molecular weight excluding hydrogens is 192 g/mol. The molecule has 3 heteroatoms. The van der Waals surface area contributed by atoms with Crippen LogP contribution in [0, 0.1) is 5.92 Å². The molecule has 2 rings (SSSR count). The van der Waals surface area contributed by atoms with Crippen molar-refractivity contribution in [3.05, 3.63) is 29.8 Å². The van der Waals surface area contributed by atoms with Crippen molar-refractivity contribution < 1.29 is 14.9 Å². The third kappa shape index (κ3) is 1.85. The standard InChI is InChI=1S/C12H16O3/c1-12(15-13,9-6-7-9)10-4-3-5-11(8-10)14-2/h3-5,8-9,13H,6-7H2,1-2H3. The van der Waals surface area contributed by atoms with Crippen LogP contribution in [0.2, 0.25) is 0 Å². The van der Waals surface area contributed by atoms with Gasteiger partial charge in [-0.05, 0) is 43.4 Å². The number of ether oxygens (including phenoxy) is 1. The molecule has 1 fully saturated rings. The number of methoxy groups -OCH3 is 1. The number of benzene rings is 1. The molecule has 1 aliphatic carbocycles. The van der Waals surface area contributed by atoms with E-state index in [-0.39, 0.29) is 0 Å². The van der Waals surface area contributed by atoms with Crippen molar-refractivity contribution in [2.45, 2.75) is 25.4 Å². The zero-order chi connectivity index (χ0) is 10.9. The lowest BCUT2D eigenvalue weighted by atomic mass is 9.91. The first-order valence-electron chi connectivity index (χ1n) is 5.18. The summed E-state index contributed by atoms with van der Waals surface area (Å²) in [6.07, 6.45) is 2.21. The van der Waals surface area contributed by atoms with E-state index in [1.165, 1.54) is 0 Å². The maximum Gasteiger partial charge on any atom is 0.128 e. The summed E-state index contributed by atoms with van der Waals surface area (Å²) in [5, 5.41) is 9.07. The van der Waals surface area contributed by atoms with Crippen molar-refractivity contribution in [1.29, 1.82) is 0 Å². The molecule has 3 nitrogen and oxygen atoms in total. The molecule has 1 aliphatic rings. The number of hydrogen-bond donors (Lipinski definition) is 1. The largest absolute Gasteiger partial charge is 0.497 e. The van der Waals surface area contributed by atoms with Gasteiger partial charge in [0.1, 0.15) is 11.4 Å². The van der Waals surface area contributed by atoms with Gasteiger partial charge in [0.05, 0.1) is 7.11 Å². The summed E-state index contributed by atoms with van der Waals surface area (Å²) in [5.41, 5.74) is 0.376. The van der Waals surface area contributed by atoms with Crippen LogP contribution in [0.1, 0.15) is 25.3 Å². The van der Waals surface area contributed by atoms with Gasteiger partial charge in [0.2, 0.25) is 0 Å². The maximum atomic E-state index is 9.07. The molecule has 1 aromatic rings. The Morgan fingerprint density at radius 3 is 2.67 bits per heavy atom. The minimum Gasteiger partial charge on any atom is -0.497 e. The molecule has 82 valence electrons. The van der Waals surface area contributed by atoms with E-state index in [0.29, 0.717) is 5.92 Å². The van der Waals surface area contributed by atoms with E-state index >= 15 is 0 Å². The van der Waals surface area contributed by atoms with Crippen LogP contribution < -0.4 is 4.74 Å². The fourth-order valence-corrected chi connectivity index (χ4v) is 1.93. The highest BCUT2D eigenvalue weighted by Crippen LogP contribution is 2.47. The third-order valence-corrected chi connectivity index (χ3v) is 3.19. The van der Waals surface area contributed by atoms with Gasteiger partial charge in [-0.25, -0.2) is 4.89 Å². The lowest BCUT2D eigenvalue weighted by Crippen LogP contribution is -2.27. The van der Waals surface area contributed by atoms with E-state index in [0.717, 1.165) is 24.2 Å². The van der Waals surface area contributed by atoms with Gasteiger partial charge >= 0.3 is 0 Å². The van der Waals surface area contributed by atoms with Crippen LogP contribution in [0.25, 0.3) is 0 Å². The Balaban J connectivity index is 2.33. The van der Waals surface area contributed by atoms with Gasteiger partial charge in [-0.15, -0.1) is 0 Å². The van der Waals surface area contributed by atoms with E-state index < -0.39 is 5.60 Å². The summed E-state index contributed by atoms with van der Waals surface area (Å²) < 4.78 is 5.16. The van der Waals surface area contributed by atoms with Crippen LogP contribution in [0.3, 0.4) is 0 Å². The first-order chi connectivity index (χ1) is 7.20. The Hall–Kier alpha value is -1.06. The van der Waals surface area contributed by atoms with E-state index in [1.807, 2.05) is 31.2 Å². The molecule has 1 aromatic carbocycles. The Labute approximate surface area is 89.6 Å². The summed E-state index contributed by atoms with van der Waals surface area (Å²) in [5.74, 6) is 1.20. The van der Waals surface area contributed by atoms with Crippen LogP contribution in [0.4, 0.5) is 0 Å². The summed E-state index contributed by atoms with van der Waals surface area (Å²) in [6.45, 7) is 1.92. The van der Waals surface area contributed by atoms with Gasteiger partial charge in [0, 0.05) is 0 Å². The molecular formula is C12H16O3. The van der Waals surface area contributed by atoms with Crippen molar-refractivity contribution in [3.63, 3.8) is 0 Å². The van der Waals surface area contributed by atoms with Crippen molar-refractivity contribution in [2.75, 3.05) is 7.11 Å². The highest BCUT2D eigenvalue weighted by atomic mass is 17.1. The van der Waals surface area contributed by atoms with Gasteiger partial charge < -0.3 is 4.74 Å². The SMILES string of the molecule is COc1cccc(C(C)(OO)C2CC2)c1. The second kappa shape index (κ2) is 3.83. The molecule has 0 amide bonds. The normalized spacial score (nSPS) is 19.7. The Morgan fingerprint density at radius 2 is 2.13 bits per heavy atom. The molecule has 1 unspecified atom stereocenters. The topological polar surface area (TPSA) is 38.7 Å². The van der Waals surface area contributed by atoms with Crippen LogP contribution >= 0.6 is 0 Å². The Bertz CT molecular complexity index is 346. The minimum atomic E-state index is -0.589. The second-order valence-electron chi connectivity index (χ2n) is 4.20. The minimum absolute atomic E-state index is 0.412. The molecule has 0 bridgehead atoms. The molecule has 0 saturated heterocycles. The van der Waals surface area contributed by atoms with Crippen molar-refractivity contribution >= 4 is 0 Å². The van der Waals surface area contributed by atoms with Gasteiger partial charge in [-0.2, -0.15) is 0 Å². The van der Waals surface area contributed by atoms with E-state index in [4.69, 9.17) is 14.9 Å². The first kappa shape index (κ1) is 10.5. The molecule has 0 aromatic heterocycles. The average Bonchev–Trinajstić information content (AvgIpc) is 3.12. The van der Waals surface area contributed by atoms with Crippen LogP contribution in [0.15, 0.2) is 24.3 Å². The maximum absolute atomic E-state index is 9.07. The predicted octanol–water partition coefficient (Wildman–Crippen LogP) is 2.81. The van der Waals surface area contributed by atoms with Gasteiger partial charge in [-0.3, -0.25) is 5.26 Å². The molecule has 0 heterocycles. The molecule has 1 saturated carbocycles. The molecule has 0 radical (unpaired) electrons. The van der Waals surface area contributed by atoms with E-state index in [2.05, 4.69) is 0 Å². The van der Waals surface area contributed by atoms with Crippen LogP contribution in [-0.2, 0) is 10.5 Å². The molecule has 1 atom stereocenters. The van der Waals surface area contributed by atoms with Crippen molar-refractivity contribution in [3.8, 4) is 5.75 Å². The molecule has 0 aliphatic heterocycles. The Morgan fingerprint density at radius 1 is 1.40 bits per heavy atom. The highest BCUT2D eigenvalue weighted by molar-refractivity contribution is 5.33. The van der Waals surface area contributed by atoms with Crippen molar-refractivity contribution in [1.82, 2.24) is 0 Å². The fourth-order valence-electron chi connectivity index (χ4n) is 1.93. The van der Waals surface area contributed by atoms with Crippen LogP contribution in [-0.4, -0.2) is 12.4 Å². The summed E-state index contributed by atoms with van der Waals surface area (Å²) in [7, 11) is 1.63. The predicted molar refractivity (Wildman–Crippen MR) is 56.8 cm³/mol. The summed E-state index contributed by atoms with van der Waals surface area (Å²) in [6, 6.07) is 7.66. The third-order valence-electron chi connectivity index (χ3n) is 3.19. The fraction of sp³-hybridized carbons (Fsp3) is 0.500. The van der Waals surface area contributed by atoms with Crippen molar-refractivity contribution in [2.24, 2.45) is 5.92 Å². The van der Waals surface area contributed by atoms with Gasteiger partial charge in [0.15, 0.2) is 0 Å². The van der Waals surface area contributed by atoms with E-state index in [1.54, 1.807) is 7.11 Å². The average molecular weight is 208 g/mol. The molecule has 0 spiro atoms.